The summed E-state index contributed by atoms with van der Waals surface area (Å²) in [7, 11) is 0. The van der Waals surface area contributed by atoms with Crippen LogP contribution >= 0.6 is 23.2 Å². The molecule has 1 fully saturated rings. The van der Waals surface area contributed by atoms with E-state index >= 15 is 8.78 Å². The fraction of sp³-hybridized carbons (Fsp3) is 0.300. The Labute approximate surface area is 251 Å². The van der Waals surface area contributed by atoms with Crippen LogP contribution in [0, 0.1) is 34.2 Å². The van der Waals surface area contributed by atoms with E-state index in [1.165, 1.54) is 42.5 Å². The predicted octanol–water partition coefficient (Wildman–Crippen LogP) is 6.18. The minimum Gasteiger partial charge on any atom is -0.480 e. The van der Waals surface area contributed by atoms with Crippen molar-refractivity contribution in [1.82, 2.24) is 5.32 Å². The molecule has 0 aliphatic carbocycles. The van der Waals surface area contributed by atoms with Crippen molar-refractivity contribution in [2.24, 2.45) is 11.1 Å². The van der Waals surface area contributed by atoms with E-state index in [0.717, 1.165) is 12.1 Å². The van der Waals surface area contributed by atoms with Gasteiger partial charge in [0, 0.05) is 28.2 Å². The third-order valence-electron chi connectivity index (χ3n) is 6.97. The van der Waals surface area contributed by atoms with Crippen molar-refractivity contribution in [3.8, 4) is 6.07 Å². The summed E-state index contributed by atoms with van der Waals surface area (Å²) >= 11 is 11.9. The van der Waals surface area contributed by atoms with Gasteiger partial charge in [-0.15, -0.1) is 0 Å². The lowest BCUT2D eigenvalue weighted by atomic mass is 9.62. The van der Waals surface area contributed by atoms with Gasteiger partial charge in [0.15, 0.2) is 0 Å². The number of carbonyl (C=O) groups is 2. The lowest BCUT2D eigenvalue weighted by molar-refractivity contribution is -0.139. The molecule has 4 atom stereocenters. The number of nitrogen functional groups attached to an aromatic ring is 1. The van der Waals surface area contributed by atoms with Gasteiger partial charge in [-0.05, 0) is 53.8 Å². The van der Waals surface area contributed by atoms with Crippen LogP contribution in [0.3, 0.4) is 0 Å². The number of hydrogen-bond donors (Lipinski definition) is 4. The van der Waals surface area contributed by atoms with E-state index in [1.807, 2.05) is 20.8 Å². The molecule has 4 rings (SSSR count). The smallest absolute Gasteiger partial charge is 0.321 e. The highest BCUT2D eigenvalue weighted by molar-refractivity contribution is 6.31. The normalized spacial score (nSPS) is 21.6. The summed E-state index contributed by atoms with van der Waals surface area (Å²) in [5.74, 6) is -5.56. The van der Waals surface area contributed by atoms with Crippen LogP contribution < -0.4 is 16.8 Å². The molecule has 0 unspecified atom stereocenters. The fourth-order valence-electron chi connectivity index (χ4n) is 5.27. The van der Waals surface area contributed by atoms with E-state index in [0.29, 0.717) is 6.42 Å². The number of halogens is 5. The van der Waals surface area contributed by atoms with Crippen molar-refractivity contribution < 1.29 is 27.9 Å². The Hall–Kier alpha value is -3.78. The molecule has 222 valence electrons. The average molecular weight is 621 g/mol. The van der Waals surface area contributed by atoms with Crippen molar-refractivity contribution in [1.29, 1.82) is 5.26 Å². The Morgan fingerprint density at radius 1 is 1.07 bits per heavy atom. The van der Waals surface area contributed by atoms with Gasteiger partial charge in [0.1, 0.15) is 28.9 Å². The number of nitriles is 1. The molecule has 3 aromatic rings. The number of rotatable bonds is 5. The van der Waals surface area contributed by atoms with Gasteiger partial charge in [-0.1, -0.05) is 62.2 Å². The van der Waals surface area contributed by atoms with E-state index in [-0.39, 0.29) is 37.8 Å². The second-order valence-corrected chi connectivity index (χ2v) is 12.0. The minimum atomic E-state index is -1.73. The summed E-state index contributed by atoms with van der Waals surface area (Å²) in [5, 5.41) is 23.4. The van der Waals surface area contributed by atoms with Gasteiger partial charge < -0.3 is 16.6 Å². The topological polar surface area (TPSA) is 142 Å². The molecule has 7 nitrogen and oxygen atoms in total. The van der Waals surface area contributed by atoms with Crippen LogP contribution in [0.5, 0.6) is 0 Å². The average Bonchev–Trinajstić information content (AvgIpc) is 3.19. The molecule has 0 saturated carbocycles. The molecule has 1 amide bonds. The van der Waals surface area contributed by atoms with Gasteiger partial charge in [0.05, 0.1) is 16.7 Å². The molecule has 6 N–H and O–H groups in total. The number of primary amides is 1. The van der Waals surface area contributed by atoms with E-state index in [1.54, 1.807) is 0 Å². The Kier molecular flexibility index (Phi) is 9.83. The first-order valence-electron chi connectivity index (χ1n) is 12.7. The van der Waals surface area contributed by atoms with Gasteiger partial charge in [-0.2, -0.15) is 5.26 Å². The maximum atomic E-state index is 15.2. The number of carboxylic acids is 1. The first-order valence-corrected chi connectivity index (χ1v) is 13.4. The minimum absolute atomic E-state index is 0.0331. The lowest BCUT2D eigenvalue weighted by Gasteiger charge is -2.37. The molecule has 3 aromatic carbocycles. The molecule has 1 aliphatic rings. The highest BCUT2D eigenvalue weighted by Crippen LogP contribution is 2.52. The number of benzene rings is 3. The van der Waals surface area contributed by atoms with Crippen LogP contribution in [-0.2, 0) is 10.2 Å². The van der Waals surface area contributed by atoms with Crippen molar-refractivity contribution in [3.63, 3.8) is 0 Å². The Balaban J connectivity index is 0.000000369. The van der Waals surface area contributed by atoms with Crippen LogP contribution in [-0.4, -0.2) is 29.1 Å². The zero-order valence-corrected chi connectivity index (χ0v) is 24.4. The number of carbonyl (C=O) groups excluding carboxylic acids is 1. The first-order chi connectivity index (χ1) is 19.5. The SMILES string of the molecule is CC(C)(C)C[C@@H]1N[C@@H](C(=O)O)[C@H](c2cccc(Cl)c2F)[C@@]1(C#N)c1ccc(Cl)cc1F.NC(=O)c1ccc(N)cc1F. The van der Waals surface area contributed by atoms with Gasteiger partial charge >= 0.3 is 5.97 Å². The Morgan fingerprint density at radius 2 is 1.74 bits per heavy atom. The van der Waals surface area contributed by atoms with Crippen LogP contribution in [0.2, 0.25) is 10.0 Å². The monoisotopic (exact) mass is 620 g/mol. The molecule has 12 heteroatoms. The van der Waals surface area contributed by atoms with Gasteiger partial charge in [0.25, 0.3) is 5.91 Å². The standard InChI is InChI=1S/C23H22Cl2F2N2O2.C7H7FN2O/c1-22(2,3)10-17-23(11-28,14-8-7-12(24)9-16(14)26)18(20(29-17)21(30)31)13-5-4-6-15(25)19(13)27;8-6-3-4(9)1-2-5(6)7(10)11/h4-9,17-18,20,29H,10H2,1-3H3,(H,30,31);1-3H,9H2,(H2,10,11)/t17-,18-,20+,23-;/m0./s1. The summed E-state index contributed by atoms with van der Waals surface area (Å²) in [6.07, 6.45) is 0.338. The molecular weight excluding hydrogens is 592 g/mol. The highest BCUT2D eigenvalue weighted by Gasteiger charge is 2.61. The van der Waals surface area contributed by atoms with Crippen molar-refractivity contribution in [3.05, 3.63) is 98.8 Å². The maximum absolute atomic E-state index is 15.2. The van der Waals surface area contributed by atoms with Crippen LogP contribution in [0.4, 0.5) is 18.9 Å². The third-order valence-corrected chi connectivity index (χ3v) is 7.50. The Morgan fingerprint density at radius 3 is 2.26 bits per heavy atom. The molecule has 0 bridgehead atoms. The zero-order valence-electron chi connectivity index (χ0n) is 22.9. The molecule has 1 saturated heterocycles. The predicted molar refractivity (Wildman–Crippen MR) is 155 cm³/mol. The third kappa shape index (κ3) is 6.65. The molecule has 0 aromatic heterocycles. The van der Waals surface area contributed by atoms with E-state index in [2.05, 4.69) is 11.4 Å². The molecule has 42 heavy (non-hydrogen) atoms. The first kappa shape index (κ1) is 32.7. The van der Waals surface area contributed by atoms with Crippen LogP contribution in [0.1, 0.15) is 54.6 Å². The number of anilines is 1. The van der Waals surface area contributed by atoms with E-state index in [4.69, 9.17) is 34.7 Å². The number of nitrogens with two attached hydrogens (primary N) is 2. The van der Waals surface area contributed by atoms with Gasteiger partial charge in [0.2, 0.25) is 0 Å². The van der Waals surface area contributed by atoms with Gasteiger partial charge in [-0.3, -0.25) is 14.9 Å². The van der Waals surface area contributed by atoms with E-state index in [9.17, 15) is 24.3 Å². The second kappa shape index (κ2) is 12.6. The molecule has 0 radical (unpaired) electrons. The zero-order chi connectivity index (χ0) is 31.6. The number of hydrogen-bond acceptors (Lipinski definition) is 5. The highest BCUT2D eigenvalue weighted by atomic mass is 35.5. The second-order valence-electron chi connectivity index (χ2n) is 11.1. The summed E-state index contributed by atoms with van der Waals surface area (Å²) in [5.41, 5.74) is 8.06. The fourth-order valence-corrected chi connectivity index (χ4v) is 5.62. The van der Waals surface area contributed by atoms with E-state index < -0.39 is 52.7 Å². The largest absolute Gasteiger partial charge is 0.480 e. The van der Waals surface area contributed by atoms with Crippen molar-refractivity contribution in [2.45, 2.75) is 50.6 Å². The summed E-state index contributed by atoms with van der Waals surface area (Å²) < 4.78 is 43.1. The van der Waals surface area contributed by atoms with Gasteiger partial charge in [-0.25, -0.2) is 13.2 Å². The summed E-state index contributed by atoms with van der Waals surface area (Å²) in [4.78, 5) is 22.7. The summed E-state index contributed by atoms with van der Waals surface area (Å²) in [6.45, 7) is 5.79. The van der Waals surface area contributed by atoms with Crippen molar-refractivity contribution in [2.75, 3.05) is 5.73 Å². The molecule has 1 heterocycles. The van der Waals surface area contributed by atoms with Crippen LogP contribution in [0.25, 0.3) is 0 Å². The quantitative estimate of drug-likeness (QED) is 0.251. The number of nitrogens with zero attached hydrogens (tertiary/aromatic N) is 1. The molecule has 0 spiro atoms. The van der Waals surface area contributed by atoms with Crippen LogP contribution in [0.15, 0.2) is 54.6 Å². The number of amides is 1. The molecular formula is C30H29Cl2F3N4O3. The van der Waals surface area contributed by atoms with Crippen molar-refractivity contribution >= 4 is 40.8 Å². The number of aliphatic carboxylic acids is 1. The maximum Gasteiger partial charge on any atom is 0.321 e. The number of nitrogens with one attached hydrogen (secondary N) is 1. The Bertz CT molecular complexity index is 1560. The molecule has 1 aliphatic heterocycles. The lowest BCUT2D eigenvalue weighted by Crippen LogP contribution is -2.44. The number of carboxylic acid groups (broad SMARTS) is 1. The summed E-state index contributed by atoms with van der Waals surface area (Å²) in [6, 6.07) is 11.9.